The van der Waals surface area contributed by atoms with Crippen molar-refractivity contribution in [3.63, 3.8) is 0 Å². The summed E-state index contributed by atoms with van der Waals surface area (Å²) in [7, 11) is 0. The number of H-pyrrole nitrogens is 1. The van der Waals surface area contributed by atoms with E-state index in [1.807, 2.05) is 0 Å². The molecule has 0 spiro atoms. The van der Waals surface area contributed by atoms with Gasteiger partial charge in [0.2, 0.25) is 0 Å². The summed E-state index contributed by atoms with van der Waals surface area (Å²) >= 11 is 0. The molecule has 0 saturated heterocycles. The number of halogens is 3. The predicted molar refractivity (Wildman–Crippen MR) is 56.0 cm³/mol. The first-order valence-corrected chi connectivity index (χ1v) is 4.80. The monoisotopic (exact) mass is 228 g/mol. The van der Waals surface area contributed by atoms with Crippen molar-refractivity contribution in [2.45, 2.75) is 19.1 Å². The number of benzene rings is 1. The Morgan fingerprint density at radius 1 is 1.25 bits per heavy atom. The lowest BCUT2D eigenvalue weighted by Crippen LogP contribution is -2.28. The fraction of sp³-hybridized carbons (Fsp3) is 0.273. The van der Waals surface area contributed by atoms with Gasteiger partial charge in [0.1, 0.15) is 6.04 Å². The van der Waals surface area contributed by atoms with Crippen LogP contribution in [0.2, 0.25) is 0 Å². The number of hydrogen-bond donors (Lipinski definition) is 2. The van der Waals surface area contributed by atoms with Crippen molar-refractivity contribution in [3.05, 3.63) is 35.5 Å². The number of nitrogens with two attached hydrogens (primary N) is 1. The predicted octanol–water partition coefficient (Wildman–Crippen LogP) is 3.04. The number of aromatic amines is 1. The van der Waals surface area contributed by atoms with E-state index in [4.69, 9.17) is 5.73 Å². The maximum Gasteiger partial charge on any atom is 0.407 e. The summed E-state index contributed by atoms with van der Waals surface area (Å²) in [6.45, 7) is 1.60. The van der Waals surface area contributed by atoms with E-state index in [0.717, 1.165) is 0 Å². The van der Waals surface area contributed by atoms with Crippen LogP contribution in [0.15, 0.2) is 24.3 Å². The SMILES string of the molecule is Cc1[nH]c2ccccc2c1[C@@H](N)C(F)(F)F. The van der Waals surface area contributed by atoms with Gasteiger partial charge in [-0.15, -0.1) is 0 Å². The molecule has 1 heterocycles. The summed E-state index contributed by atoms with van der Waals surface area (Å²) in [5.41, 5.74) is 6.51. The Labute approximate surface area is 90.3 Å². The molecule has 0 aliphatic rings. The topological polar surface area (TPSA) is 41.8 Å². The first-order chi connectivity index (χ1) is 7.41. The number of fused-ring (bicyclic) bond motifs is 1. The molecule has 0 amide bonds. The molecule has 0 bridgehead atoms. The van der Waals surface area contributed by atoms with Gasteiger partial charge in [0.25, 0.3) is 0 Å². The molecule has 2 rings (SSSR count). The largest absolute Gasteiger partial charge is 0.407 e. The Bertz CT molecular complexity index is 513. The van der Waals surface area contributed by atoms with Crippen LogP contribution in [0.5, 0.6) is 0 Å². The molecule has 3 N–H and O–H groups in total. The minimum atomic E-state index is -4.42. The number of hydrogen-bond acceptors (Lipinski definition) is 1. The fourth-order valence-corrected chi connectivity index (χ4v) is 1.86. The quantitative estimate of drug-likeness (QED) is 0.773. The molecule has 0 aliphatic carbocycles. The van der Waals surface area contributed by atoms with Crippen LogP contribution in [0, 0.1) is 6.92 Å². The Hall–Kier alpha value is -1.49. The van der Waals surface area contributed by atoms with Gasteiger partial charge in [0, 0.05) is 22.2 Å². The van der Waals surface area contributed by atoms with Crippen molar-refractivity contribution in [2.75, 3.05) is 0 Å². The van der Waals surface area contributed by atoms with E-state index >= 15 is 0 Å². The normalized spacial score (nSPS) is 14.3. The zero-order valence-corrected chi connectivity index (χ0v) is 8.60. The number of aromatic nitrogens is 1. The van der Waals surface area contributed by atoms with Gasteiger partial charge < -0.3 is 10.7 Å². The molecular formula is C11H11F3N2. The average Bonchev–Trinajstić information content (AvgIpc) is 2.51. The van der Waals surface area contributed by atoms with Crippen LogP contribution < -0.4 is 5.73 Å². The molecule has 1 aromatic carbocycles. The average molecular weight is 228 g/mol. The zero-order valence-electron chi connectivity index (χ0n) is 8.60. The minimum Gasteiger partial charge on any atom is -0.358 e. The number of nitrogens with one attached hydrogen (secondary N) is 1. The number of aryl methyl sites for hydroxylation is 1. The maximum absolute atomic E-state index is 12.6. The molecule has 86 valence electrons. The zero-order chi connectivity index (χ0) is 11.9. The first kappa shape index (κ1) is 11.0. The van der Waals surface area contributed by atoms with Crippen molar-refractivity contribution in [3.8, 4) is 0 Å². The van der Waals surface area contributed by atoms with Gasteiger partial charge >= 0.3 is 6.18 Å². The van der Waals surface area contributed by atoms with E-state index in [2.05, 4.69) is 4.98 Å². The third-order valence-electron chi connectivity index (χ3n) is 2.61. The highest BCUT2D eigenvalue weighted by atomic mass is 19.4. The number of alkyl halides is 3. The summed E-state index contributed by atoms with van der Waals surface area (Å²) in [5, 5.41) is 0.532. The third-order valence-corrected chi connectivity index (χ3v) is 2.61. The lowest BCUT2D eigenvalue weighted by molar-refractivity contribution is -0.149. The Kier molecular flexibility index (Phi) is 2.42. The van der Waals surface area contributed by atoms with Crippen LogP contribution in [-0.2, 0) is 0 Å². The lowest BCUT2D eigenvalue weighted by Gasteiger charge is -2.16. The highest BCUT2D eigenvalue weighted by Crippen LogP contribution is 2.36. The standard InChI is InChI=1S/C11H11F3N2/c1-6-9(10(15)11(12,13)14)7-4-2-3-5-8(7)16-6/h2-5,10,16H,15H2,1H3/t10-/m1/s1. The van der Waals surface area contributed by atoms with Crippen LogP contribution in [0.4, 0.5) is 13.2 Å². The van der Waals surface area contributed by atoms with Gasteiger partial charge in [0.05, 0.1) is 0 Å². The number of rotatable bonds is 1. The lowest BCUT2D eigenvalue weighted by atomic mass is 10.0. The van der Waals surface area contributed by atoms with Crippen LogP contribution in [0.1, 0.15) is 17.3 Å². The first-order valence-electron chi connectivity index (χ1n) is 4.80. The van der Waals surface area contributed by atoms with E-state index in [1.165, 1.54) is 0 Å². The molecule has 0 unspecified atom stereocenters. The van der Waals surface area contributed by atoms with Crippen molar-refractivity contribution in [1.29, 1.82) is 0 Å². The molecule has 5 heteroatoms. The minimum absolute atomic E-state index is 0.128. The molecule has 2 nitrogen and oxygen atoms in total. The highest BCUT2D eigenvalue weighted by molar-refractivity contribution is 5.85. The Morgan fingerprint density at radius 3 is 2.50 bits per heavy atom. The van der Waals surface area contributed by atoms with E-state index in [0.29, 0.717) is 16.6 Å². The molecule has 0 saturated carbocycles. The van der Waals surface area contributed by atoms with Crippen LogP contribution in [0.25, 0.3) is 10.9 Å². The second kappa shape index (κ2) is 3.52. The second-order valence-electron chi connectivity index (χ2n) is 3.73. The third kappa shape index (κ3) is 1.67. The Balaban J connectivity index is 2.64. The molecule has 0 fully saturated rings. The van der Waals surface area contributed by atoms with Gasteiger partial charge in [0.15, 0.2) is 0 Å². The van der Waals surface area contributed by atoms with E-state index < -0.39 is 12.2 Å². The van der Waals surface area contributed by atoms with Crippen LogP contribution >= 0.6 is 0 Å². The highest BCUT2D eigenvalue weighted by Gasteiger charge is 2.39. The summed E-state index contributed by atoms with van der Waals surface area (Å²) < 4.78 is 37.7. The van der Waals surface area contributed by atoms with Crippen molar-refractivity contribution < 1.29 is 13.2 Å². The second-order valence-corrected chi connectivity index (χ2v) is 3.73. The van der Waals surface area contributed by atoms with Crippen molar-refractivity contribution in [1.82, 2.24) is 4.98 Å². The maximum atomic E-state index is 12.6. The van der Waals surface area contributed by atoms with Gasteiger partial charge in [-0.1, -0.05) is 18.2 Å². The molecule has 0 aliphatic heterocycles. The van der Waals surface area contributed by atoms with Crippen LogP contribution in [0.3, 0.4) is 0 Å². The van der Waals surface area contributed by atoms with E-state index in [1.54, 1.807) is 31.2 Å². The van der Waals surface area contributed by atoms with Crippen molar-refractivity contribution in [2.24, 2.45) is 5.73 Å². The summed E-state index contributed by atoms with van der Waals surface area (Å²) in [6.07, 6.45) is -4.42. The summed E-state index contributed by atoms with van der Waals surface area (Å²) in [6, 6.07) is 4.89. The van der Waals surface area contributed by atoms with E-state index in [9.17, 15) is 13.2 Å². The van der Waals surface area contributed by atoms with Crippen molar-refractivity contribution >= 4 is 10.9 Å². The molecule has 1 atom stereocenters. The molecule has 0 radical (unpaired) electrons. The van der Waals surface area contributed by atoms with Gasteiger partial charge in [-0.25, -0.2) is 0 Å². The van der Waals surface area contributed by atoms with Crippen LogP contribution in [-0.4, -0.2) is 11.2 Å². The molecular weight excluding hydrogens is 217 g/mol. The number of para-hydroxylation sites is 1. The summed E-state index contributed by atoms with van der Waals surface area (Å²) in [5.74, 6) is 0. The molecule has 1 aromatic heterocycles. The molecule has 2 aromatic rings. The fourth-order valence-electron chi connectivity index (χ4n) is 1.86. The summed E-state index contributed by atoms with van der Waals surface area (Å²) in [4.78, 5) is 2.90. The smallest absolute Gasteiger partial charge is 0.358 e. The van der Waals surface area contributed by atoms with E-state index in [-0.39, 0.29) is 5.56 Å². The molecule has 16 heavy (non-hydrogen) atoms. The Morgan fingerprint density at radius 2 is 1.88 bits per heavy atom. The van der Waals surface area contributed by atoms with Gasteiger partial charge in [-0.2, -0.15) is 13.2 Å². The van der Waals surface area contributed by atoms with Gasteiger partial charge in [-0.3, -0.25) is 0 Å². The van der Waals surface area contributed by atoms with Gasteiger partial charge in [-0.05, 0) is 13.0 Å².